The van der Waals surface area contributed by atoms with Crippen molar-refractivity contribution in [2.45, 2.75) is 43.7 Å². The molecule has 0 bridgehead atoms. The Kier molecular flexibility index (Phi) is 3.26. The molecular formula is C11H20N2O2. The third-order valence-electron chi connectivity index (χ3n) is 3.61. The maximum absolute atomic E-state index is 11.7. The van der Waals surface area contributed by atoms with Crippen LogP contribution < -0.4 is 10.6 Å². The first-order valence-corrected chi connectivity index (χ1v) is 5.79. The third kappa shape index (κ3) is 2.49. The van der Waals surface area contributed by atoms with Gasteiger partial charge in [0, 0.05) is 19.7 Å². The Hall–Kier alpha value is -0.610. The van der Waals surface area contributed by atoms with Crippen molar-refractivity contribution in [3.05, 3.63) is 0 Å². The quantitative estimate of drug-likeness (QED) is 0.710. The molecule has 1 amide bonds. The summed E-state index contributed by atoms with van der Waals surface area (Å²) in [5, 5.41) is 6.29. The standard InChI is InChI=1S/C11H20N2O2/c1-15-11(4-2-5-11)7-10(14)13-9-3-6-12-8-9/h9,12H,2-8H2,1H3,(H,13,14). The summed E-state index contributed by atoms with van der Waals surface area (Å²) in [6, 6.07) is 0.325. The molecule has 0 aromatic rings. The van der Waals surface area contributed by atoms with Gasteiger partial charge in [-0.25, -0.2) is 0 Å². The fourth-order valence-electron chi connectivity index (χ4n) is 2.37. The molecule has 1 aliphatic carbocycles. The maximum Gasteiger partial charge on any atom is 0.223 e. The minimum atomic E-state index is -0.143. The third-order valence-corrected chi connectivity index (χ3v) is 3.61. The van der Waals surface area contributed by atoms with Gasteiger partial charge in [0.05, 0.1) is 12.0 Å². The topological polar surface area (TPSA) is 50.4 Å². The second kappa shape index (κ2) is 4.49. The van der Waals surface area contributed by atoms with Gasteiger partial charge in [-0.3, -0.25) is 4.79 Å². The molecule has 2 rings (SSSR count). The van der Waals surface area contributed by atoms with E-state index in [9.17, 15) is 4.79 Å². The van der Waals surface area contributed by atoms with Crippen molar-refractivity contribution in [2.24, 2.45) is 0 Å². The molecule has 0 aromatic carbocycles. The van der Waals surface area contributed by atoms with Crippen LogP contribution in [0.5, 0.6) is 0 Å². The minimum absolute atomic E-state index is 0.143. The van der Waals surface area contributed by atoms with Crippen LogP contribution in [0.25, 0.3) is 0 Å². The molecule has 1 aliphatic heterocycles. The molecule has 2 aliphatic rings. The van der Waals surface area contributed by atoms with Gasteiger partial charge in [-0.15, -0.1) is 0 Å². The summed E-state index contributed by atoms with van der Waals surface area (Å²) >= 11 is 0. The molecule has 2 fully saturated rings. The molecule has 86 valence electrons. The van der Waals surface area contributed by atoms with Crippen molar-refractivity contribution in [1.82, 2.24) is 10.6 Å². The van der Waals surface area contributed by atoms with Crippen molar-refractivity contribution in [1.29, 1.82) is 0 Å². The number of rotatable bonds is 4. The van der Waals surface area contributed by atoms with E-state index in [1.54, 1.807) is 7.11 Å². The number of methoxy groups -OCH3 is 1. The summed E-state index contributed by atoms with van der Waals surface area (Å²) in [6.07, 6.45) is 4.82. The lowest BCUT2D eigenvalue weighted by Crippen LogP contribution is -2.46. The molecule has 1 saturated carbocycles. The van der Waals surface area contributed by atoms with Gasteiger partial charge in [-0.2, -0.15) is 0 Å². The Balaban J connectivity index is 1.76. The lowest BCUT2D eigenvalue weighted by atomic mass is 9.77. The lowest BCUT2D eigenvalue weighted by Gasteiger charge is -2.40. The van der Waals surface area contributed by atoms with Gasteiger partial charge in [-0.05, 0) is 32.2 Å². The Morgan fingerprint density at radius 2 is 2.40 bits per heavy atom. The van der Waals surface area contributed by atoms with Crippen LogP contribution in [-0.4, -0.2) is 37.7 Å². The molecule has 15 heavy (non-hydrogen) atoms. The Morgan fingerprint density at radius 1 is 1.60 bits per heavy atom. The van der Waals surface area contributed by atoms with Crippen molar-refractivity contribution in [3.63, 3.8) is 0 Å². The number of nitrogens with one attached hydrogen (secondary N) is 2. The summed E-state index contributed by atoms with van der Waals surface area (Å²) in [6.45, 7) is 1.92. The fraction of sp³-hybridized carbons (Fsp3) is 0.909. The van der Waals surface area contributed by atoms with E-state index < -0.39 is 0 Å². The number of carbonyl (C=O) groups excluding carboxylic acids is 1. The number of ether oxygens (including phenoxy) is 1. The van der Waals surface area contributed by atoms with Gasteiger partial charge in [0.25, 0.3) is 0 Å². The molecule has 1 atom stereocenters. The van der Waals surface area contributed by atoms with Crippen molar-refractivity contribution >= 4 is 5.91 Å². The first kappa shape index (κ1) is 10.9. The number of carbonyl (C=O) groups is 1. The second-order valence-corrected chi connectivity index (χ2v) is 4.67. The zero-order chi connectivity index (χ0) is 10.7. The highest BCUT2D eigenvalue weighted by Gasteiger charge is 2.39. The van der Waals surface area contributed by atoms with E-state index in [4.69, 9.17) is 4.74 Å². The first-order chi connectivity index (χ1) is 7.24. The number of hydrogen-bond donors (Lipinski definition) is 2. The summed E-state index contributed by atoms with van der Waals surface area (Å²) in [7, 11) is 1.71. The molecule has 1 saturated heterocycles. The summed E-state index contributed by atoms with van der Waals surface area (Å²) in [5.41, 5.74) is -0.143. The molecular weight excluding hydrogens is 192 g/mol. The van der Waals surface area contributed by atoms with Crippen LogP contribution in [0.4, 0.5) is 0 Å². The molecule has 1 unspecified atom stereocenters. The van der Waals surface area contributed by atoms with Crippen LogP contribution in [0.1, 0.15) is 32.1 Å². The highest BCUT2D eigenvalue weighted by molar-refractivity contribution is 5.77. The van der Waals surface area contributed by atoms with Gasteiger partial charge < -0.3 is 15.4 Å². The Morgan fingerprint density at radius 3 is 2.87 bits per heavy atom. The van der Waals surface area contributed by atoms with Crippen LogP contribution in [-0.2, 0) is 9.53 Å². The van der Waals surface area contributed by atoms with E-state index in [0.717, 1.165) is 32.4 Å². The average molecular weight is 212 g/mol. The van der Waals surface area contributed by atoms with Crippen LogP contribution in [0.15, 0.2) is 0 Å². The maximum atomic E-state index is 11.7. The summed E-state index contributed by atoms with van der Waals surface area (Å²) in [4.78, 5) is 11.7. The lowest BCUT2D eigenvalue weighted by molar-refractivity contribution is -0.134. The van der Waals surface area contributed by atoms with Crippen LogP contribution in [0.3, 0.4) is 0 Å². The van der Waals surface area contributed by atoms with Crippen molar-refractivity contribution < 1.29 is 9.53 Å². The molecule has 2 N–H and O–H groups in total. The van der Waals surface area contributed by atoms with E-state index in [1.165, 1.54) is 6.42 Å². The highest BCUT2D eigenvalue weighted by atomic mass is 16.5. The second-order valence-electron chi connectivity index (χ2n) is 4.67. The van der Waals surface area contributed by atoms with Crippen LogP contribution >= 0.6 is 0 Å². The van der Waals surface area contributed by atoms with Gasteiger partial charge >= 0.3 is 0 Å². The highest BCUT2D eigenvalue weighted by Crippen LogP contribution is 2.37. The zero-order valence-electron chi connectivity index (χ0n) is 9.34. The SMILES string of the molecule is COC1(CC(=O)NC2CCNC2)CCC1. The molecule has 0 radical (unpaired) electrons. The normalized spacial score (nSPS) is 28.5. The minimum Gasteiger partial charge on any atom is -0.378 e. The van der Waals surface area contributed by atoms with Crippen LogP contribution in [0, 0.1) is 0 Å². The zero-order valence-corrected chi connectivity index (χ0v) is 9.34. The van der Waals surface area contributed by atoms with Gasteiger partial charge in [0.1, 0.15) is 0 Å². The van der Waals surface area contributed by atoms with E-state index in [2.05, 4.69) is 10.6 Å². The van der Waals surface area contributed by atoms with Gasteiger partial charge in [0.15, 0.2) is 0 Å². The predicted octanol–water partition coefficient (Wildman–Crippen LogP) is 0.424. The van der Waals surface area contributed by atoms with Gasteiger partial charge in [-0.1, -0.05) is 0 Å². The molecule has 0 aromatic heterocycles. The van der Waals surface area contributed by atoms with E-state index in [0.29, 0.717) is 12.5 Å². The van der Waals surface area contributed by atoms with Crippen molar-refractivity contribution in [2.75, 3.05) is 20.2 Å². The molecule has 0 spiro atoms. The van der Waals surface area contributed by atoms with E-state index >= 15 is 0 Å². The van der Waals surface area contributed by atoms with Crippen molar-refractivity contribution in [3.8, 4) is 0 Å². The molecule has 1 heterocycles. The number of hydrogen-bond acceptors (Lipinski definition) is 3. The predicted molar refractivity (Wildman–Crippen MR) is 57.6 cm³/mol. The fourth-order valence-corrected chi connectivity index (χ4v) is 2.37. The number of amides is 1. The summed E-state index contributed by atoms with van der Waals surface area (Å²) < 4.78 is 5.43. The first-order valence-electron chi connectivity index (χ1n) is 5.79. The smallest absolute Gasteiger partial charge is 0.223 e. The largest absolute Gasteiger partial charge is 0.378 e. The summed E-state index contributed by atoms with van der Waals surface area (Å²) in [5.74, 6) is 0.144. The molecule has 4 heteroatoms. The van der Waals surface area contributed by atoms with Gasteiger partial charge in [0.2, 0.25) is 5.91 Å². The average Bonchev–Trinajstić information content (AvgIpc) is 2.64. The molecule has 4 nitrogen and oxygen atoms in total. The Bertz CT molecular complexity index is 227. The van der Waals surface area contributed by atoms with Crippen LogP contribution in [0.2, 0.25) is 0 Å². The van der Waals surface area contributed by atoms with E-state index in [-0.39, 0.29) is 11.5 Å². The van der Waals surface area contributed by atoms with E-state index in [1.807, 2.05) is 0 Å². The Labute approximate surface area is 90.8 Å². The monoisotopic (exact) mass is 212 g/mol.